The summed E-state index contributed by atoms with van der Waals surface area (Å²) in [6, 6.07) is 0. The third-order valence-corrected chi connectivity index (χ3v) is 1.15. The van der Waals surface area contributed by atoms with Crippen LogP contribution in [0.1, 0.15) is 47.5 Å². The molecule has 0 spiro atoms. The molecule has 0 fully saturated rings. The van der Waals surface area contributed by atoms with E-state index in [1.54, 1.807) is 0 Å². The Bertz CT molecular complexity index is 38.0. The van der Waals surface area contributed by atoms with Crippen LogP contribution < -0.4 is 0 Å². The molecule has 0 aliphatic heterocycles. The summed E-state index contributed by atoms with van der Waals surface area (Å²) in [6.07, 6.45) is 2.87. The van der Waals surface area contributed by atoms with Crippen molar-refractivity contribution in [3.8, 4) is 0 Å². The molecule has 0 saturated heterocycles. The van der Waals surface area contributed by atoms with Gasteiger partial charge in [-0.25, -0.2) is 0 Å². The molecule has 0 amide bonds. The fourth-order valence-corrected chi connectivity index (χ4v) is 0.774. The van der Waals surface area contributed by atoms with E-state index in [1.807, 2.05) is 20.8 Å². The number of hydrogen-bond acceptors (Lipinski definition) is 1. The van der Waals surface area contributed by atoms with Gasteiger partial charge in [0.25, 0.3) is 0 Å². The van der Waals surface area contributed by atoms with Crippen molar-refractivity contribution in [1.29, 1.82) is 0 Å². The summed E-state index contributed by atoms with van der Waals surface area (Å²) in [4.78, 5) is 0. The van der Waals surface area contributed by atoms with Gasteiger partial charge in [0.2, 0.25) is 0 Å². The Balaban J connectivity index is 0. The van der Waals surface area contributed by atoms with Gasteiger partial charge in [-0.15, -0.1) is 0 Å². The molecule has 0 bridgehead atoms. The second kappa shape index (κ2) is 11.7. The molecule has 0 aliphatic carbocycles. The van der Waals surface area contributed by atoms with Gasteiger partial charge in [0, 0.05) is 6.61 Å². The molecule has 0 unspecified atom stereocenters. The topological polar surface area (TPSA) is 9.23 Å². The number of rotatable bonds is 4. The van der Waals surface area contributed by atoms with Crippen LogP contribution in [-0.4, -0.2) is 12.7 Å². The number of ether oxygens (including phenoxy) is 1. The highest BCUT2D eigenvalue weighted by Crippen LogP contribution is 1.98. The lowest BCUT2D eigenvalue weighted by Gasteiger charge is -2.08. The standard InChI is InChI=1S/C7H16O.C2H6/c1-4-6-7(3)8-5-2;1-2/h7H,4-6H2,1-3H3;1-2H3/t7-;/m1./s1. The summed E-state index contributed by atoms with van der Waals surface area (Å²) >= 11 is 0. The van der Waals surface area contributed by atoms with E-state index in [0.717, 1.165) is 6.61 Å². The Morgan fingerprint density at radius 2 is 1.70 bits per heavy atom. The van der Waals surface area contributed by atoms with Gasteiger partial charge < -0.3 is 4.74 Å². The predicted molar refractivity (Wildman–Crippen MR) is 47.3 cm³/mol. The van der Waals surface area contributed by atoms with Gasteiger partial charge in [0.15, 0.2) is 0 Å². The van der Waals surface area contributed by atoms with Gasteiger partial charge in [-0.1, -0.05) is 27.2 Å². The van der Waals surface area contributed by atoms with E-state index < -0.39 is 0 Å². The highest BCUT2D eigenvalue weighted by Gasteiger charge is 1.95. The van der Waals surface area contributed by atoms with E-state index in [4.69, 9.17) is 4.74 Å². The maximum absolute atomic E-state index is 5.28. The molecule has 64 valence electrons. The normalized spacial score (nSPS) is 11.7. The highest BCUT2D eigenvalue weighted by molar-refractivity contribution is 4.45. The summed E-state index contributed by atoms with van der Waals surface area (Å²) < 4.78 is 5.28. The van der Waals surface area contributed by atoms with Gasteiger partial charge in [0.05, 0.1) is 6.10 Å². The van der Waals surface area contributed by atoms with E-state index in [1.165, 1.54) is 12.8 Å². The minimum Gasteiger partial charge on any atom is -0.379 e. The largest absolute Gasteiger partial charge is 0.379 e. The minimum absolute atomic E-state index is 0.463. The van der Waals surface area contributed by atoms with E-state index in [-0.39, 0.29) is 0 Å². The Kier molecular flexibility index (Phi) is 14.8. The van der Waals surface area contributed by atoms with Crippen LogP contribution in [0.25, 0.3) is 0 Å². The maximum Gasteiger partial charge on any atom is 0.0546 e. The molecule has 1 nitrogen and oxygen atoms in total. The molecule has 0 N–H and O–H groups in total. The summed E-state index contributed by atoms with van der Waals surface area (Å²) in [7, 11) is 0. The van der Waals surface area contributed by atoms with Crippen LogP contribution in [0.2, 0.25) is 0 Å². The van der Waals surface area contributed by atoms with E-state index in [9.17, 15) is 0 Å². The highest BCUT2D eigenvalue weighted by atomic mass is 16.5. The van der Waals surface area contributed by atoms with Crippen LogP contribution in [-0.2, 0) is 4.74 Å². The lowest BCUT2D eigenvalue weighted by Crippen LogP contribution is -2.06. The quantitative estimate of drug-likeness (QED) is 0.591. The third kappa shape index (κ3) is 10.9. The van der Waals surface area contributed by atoms with E-state index in [2.05, 4.69) is 13.8 Å². The maximum atomic E-state index is 5.28. The molecule has 1 heteroatoms. The molecule has 0 aromatic carbocycles. The molecule has 0 heterocycles. The second-order valence-corrected chi connectivity index (χ2v) is 2.05. The second-order valence-electron chi connectivity index (χ2n) is 2.05. The van der Waals surface area contributed by atoms with Crippen LogP contribution >= 0.6 is 0 Å². The first-order valence-corrected chi connectivity index (χ1v) is 4.42. The van der Waals surface area contributed by atoms with Crippen molar-refractivity contribution in [2.24, 2.45) is 0 Å². The summed E-state index contributed by atoms with van der Waals surface area (Å²) in [5.74, 6) is 0. The van der Waals surface area contributed by atoms with Gasteiger partial charge in [-0.2, -0.15) is 0 Å². The molecule has 1 atom stereocenters. The van der Waals surface area contributed by atoms with Gasteiger partial charge in [-0.3, -0.25) is 0 Å². The molecular weight excluding hydrogens is 124 g/mol. The molecule has 0 radical (unpaired) electrons. The van der Waals surface area contributed by atoms with Crippen molar-refractivity contribution in [2.75, 3.05) is 6.61 Å². The lowest BCUT2D eigenvalue weighted by molar-refractivity contribution is 0.0699. The third-order valence-electron chi connectivity index (χ3n) is 1.15. The average Bonchev–Trinajstić information content (AvgIpc) is 1.93. The summed E-state index contributed by atoms with van der Waals surface area (Å²) in [6.45, 7) is 11.2. The van der Waals surface area contributed by atoms with Crippen molar-refractivity contribution < 1.29 is 4.74 Å². The SMILES string of the molecule is CC.CCC[C@@H](C)OCC. The zero-order valence-electron chi connectivity index (χ0n) is 8.11. The van der Waals surface area contributed by atoms with Crippen LogP contribution in [0, 0.1) is 0 Å². The molecule has 0 aromatic heterocycles. The fraction of sp³-hybridized carbons (Fsp3) is 1.00. The molecule has 10 heavy (non-hydrogen) atoms. The van der Waals surface area contributed by atoms with Crippen molar-refractivity contribution >= 4 is 0 Å². The van der Waals surface area contributed by atoms with E-state index in [0.29, 0.717) is 6.10 Å². The van der Waals surface area contributed by atoms with Crippen LogP contribution in [0.15, 0.2) is 0 Å². The smallest absolute Gasteiger partial charge is 0.0546 e. The van der Waals surface area contributed by atoms with Crippen molar-refractivity contribution in [3.63, 3.8) is 0 Å². The Labute approximate surface area is 65.8 Å². The van der Waals surface area contributed by atoms with Crippen LogP contribution in [0.3, 0.4) is 0 Å². The first-order valence-electron chi connectivity index (χ1n) is 4.42. The average molecular weight is 146 g/mol. The van der Waals surface area contributed by atoms with Crippen LogP contribution in [0.5, 0.6) is 0 Å². The number of hydrogen-bond donors (Lipinski definition) is 0. The van der Waals surface area contributed by atoms with Crippen molar-refractivity contribution in [3.05, 3.63) is 0 Å². The Hall–Kier alpha value is -0.0400. The van der Waals surface area contributed by atoms with Gasteiger partial charge >= 0.3 is 0 Å². The zero-order chi connectivity index (χ0) is 8.41. The summed E-state index contributed by atoms with van der Waals surface area (Å²) in [5, 5.41) is 0. The molecular formula is C9H22O. The van der Waals surface area contributed by atoms with Crippen LogP contribution in [0.4, 0.5) is 0 Å². The van der Waals surface area contributed by atoms with Gasteiger partial charge in [0.1, 0.15) is 0 Å². The Morgan fingerprint density at radius 3 is 2.00 bits per heavy atom. The monoisotopic (exact) mass is 146 g/mol. The summed E-state index contributed by atoms with van der Waals surface area (Å²) in [5.41, 5.74) is 0. The first kappa shape index (κ1) is 12.6. The lowest BCUT2D eigenvalue weighted by atomic mass is 10.2. The zero-order valence-corrected chi connectivity index (χ0v) is 8.11. The fourth-order valence-electron chi connectivity index (χ4n) is 0.774. The van der Waals surface area contributed by atoms with Crippen molar-refractivity contribution in [1.82, 2.24) is 0 Å². The Morgan fingerprint density at radius 1 is 1.20 bits per heavy atom. The van der Waals surface area contributed by atoms with Crippen molar-refractivity contribution in [2.45, 2.75) is 53.6 Å². The predicted octanol–water partition coefficient (Wildman–Crippen LogP) is 3.24. The van der Waals surface area contributed by atoms with E-state index >= 15 is 0 Å². The minimum atomic E-state index is 0.463. The molecule has 0 saturated carbocycles. The first-order chi connectivity index (χ1) is 4.81. The molecule has 0 aliphatic rings. The molecule has 0 aromatic rings. The molecule has 0 rings (SSSR count). The van der Waals surface area contributed by atoms with Gasteiger partial charge in [-0.05, 0) is 20.3 Å².